The van der Waals surface area contributed by atoms with Crippen molar-refractivity contribution >= 4 is 25.7 Å². The summed E-state index contributed by atoms with van der Waals surface area (Å²) in [6.07, 6.45) is 79.3. The van der Waals surface area contributed by atoms with Crippen molar-refractivity contribution in [3.63, 3.8) is 0 Å². The molecular formula is C72H125O11P. The Morgan fingerprint density at radius 2 is 0.619 bits per heavy atom. The highest BCUT2D eigenvalue weighted by atomic mass is 31.2. The summed E-state index contributed by atoms with van der Waals surface area (Å²) in [5.74, 6) is -1.51. The van der Waals surface area contributed by atoms with Gasteiger partial charge in [-0.3, -0.25) is 23.4 Å². The Morgan fingerprint density at radius 3 is 0.988 bits per heavy atom. The van der Waals surface area contributed by atoms with Crippen LogP contribution in [0.25, 0.3) is 0 Å². The second-order valence-electron chi connectivity index (χ2n) is 22.6. The average Bonchev–Trinajstić information content (AvgIpc) is 3.53. The quantitative estimate of drug-likeness (QED) is 0.0197. The highest BCUT2D eigenvalue weighted by Gasteiger charge is 2.28. The molecule has 0 amide bonds. The first-order chi connectivity index (χ1) is 41.2. The Labute approximate surface area is 514 Å². The summed E-state index contributed by atoms with van der Waals surface area (Å²) in [5.41, 5.74) is 0. The van der Waals surface area contributed by atoms with E-state index < -0.39 is 57.8 Å². The van der Waals surface area contributed by atoms with Gasteiger partial charge in [0, 0.05) is 19.3 Å². The van der Waals surface area contributed by atoms with Gasteiger partial charge in [0.25, 0.3) is 0 Å². The van der Waals surface area contributed by atoms with E-state index in [0.29, 0.717) is 19.3 Å². The van der Waals surface area contributed by atoms with Gasteiger partial charge in [-0.15, -0.1) is 0 Å². The van der Waals surface area contributed by atoms with E-state index in [1.54, 1.807) is 0 Å². The Bertz CT molecular complexity index is 1780. The van der Waals surface area contributed by atoms with E-state index in [9.17, 15) is 28.9 Å². The number of phosphoric acid groups is 1. The molecule has 0 spiro atoms. The summed E-state index contributed by atoms with van der Waals surface area (Å²) in [7, 11) is -4.77. The van der Waals surface area contributed by atoms with E-state index in [2.05, 4.69) is 118 Å². The number of rotatable bonds is 63. The fourth-order valence-electron chi connectivity index (χ4n) is 9.33. The maximum atomic E-state index is 13.0. The number of phosphoric ester groups is 1. The highest BCUT2D eigenvalue weighted by molar-refractivity contribution is 7.47. The van der Waals surface area contributed by atoms with Crippen LogP contribution in [0.3, 0.4) is 0 Å². The van der Waals surface area contributed by atoms with Gasteiger partial charge in [0.05, 0.1) is 19.8 Å². The van der Waals surface area contributed by atoms with E-state index in [0.717, 1.165) is 122 Å². The lowest BCUT2D eigenvalue weighted by molar-refractivity contribution is -0.161. The normalized spacial score (nSPS) is 13.8. The minimum absolute atomic E-state index is 0.126. The maximum absolute atomic E-state index is 13.0. The molecule has 0 saturated heterocycles. The van der Waals surface area contributed by atoms with Gasteiger partial charge in [-0.1, -0.05) is 279 Å². The fourth-order valence-corrected chi connectivity index (χ4v) is 10.1. The topological polar surface area (TPSA) is 155 Å². The second-order valence-corrected chi connectivity index (χ2v) is 24.1. The lowest BCUT2D eigenvalue weighted by Crippen LogP contribution is -2.30. The predicted octanol–water partition coefficient (Wildman–Crippen LogP) is 21.2. The number of hydrogen-bond donors (Lipinski definition) is 2. The number of aliphatic hydroxyl groups excluding tert-OH is 1. The number of unbranched alkanes of at least 4 members (excludes halogenated alkanes) is 30. The van der Waals surface area contributed by atoms with Crippen LogP contribution < -0.4 is 0 Å². The first-order valence-corrected chi connectivity index (χ1v) is 35.6. The number of carbonyl (C=O) groups excluding carboxylic acids is 3. The summed E-state index contributed by atoms with van der Waals surface area (Å²) in [6.45, 7) is 4.50. The minimum Gasteiger partial charge on any atom is -0.462 e. The molecule has 0 fully saturated rings. The van der Waals surface area contributed by atoms with Crippen LogP contribution in [0.5, 0.6) is 0 Å². The van der Waals surface area contributed by atoms with Crippen molar-refractivity contribution in [1.29, 1.82) is 0 Å². The van der Waals surface area contributed by atoms with Crippen LogP contribution >= 0.6 is 7.82 Å². The summed E-state index contributed by atoms with van der Waals surface area (Å²) >= 11 is 0. The SMILES string of the molecule is CC/C=C\C/C=C\C/C=C\C/C=C\C/C=C\CCCCCC(=O)OC(COC(=O)CCCCCCCCCCCCCCCCCCCCC)COP(=O)(O)OCC(CO)OC(=O)CCCCCCCC/C=C\C/C=C\C/C=C\CCCCC. The monoisotopic (exact) mass is 1200 g/mol. The molecule has 0 aliphatic heterocycles. The van der Waals surface area contributed by atoms with Crippen LogP contribution in [-0.2, 0) is 42.2 Å². The Morgan fingerprint density at radius 1 is 0.345 bits per heavy atom. The van der Waals surface area contributed by atoms with E-state index >= 15 is 0 Å². The number of ether oxygens (including phenoxy) is 3. The molecule has 12 heteroatoms. The van der Waals surface area contributed by atoms with Crippen LogP contribution in [0.1, 0.15) is 303 Å². The molecule has 11 nitrogen and oxygen atoms in total. The van der Waals surface area contributed by atoms with Crippen molar-refractivity contribution in [3.8, 4) is 0 Å². The number of hydrogen-bond acceptors (Lipinski definition) is 10. The third-order valence-electron chi connectivity index (χ3n) is 14.5. The lowest BCUT2D eigenvalue weighted by Gasteiger charge is -2.21. The van der Waals surface area contributed by atoms with Crippen molar-refractivity contribution in [2.75, 3.05) is 26.4 Å². The zero-order valence-electron chi connectivity index (χ0n) is 53.8. The molecule has 0 radical (unpaired) electrons. The van der Waals surface area contributed by atoms with Gasteiger partial charge in [0.2, 0.25) is 0 Å². The van der Waals surface area contributed by atoms with E-state index in [1.807, 2.05) is 0 Å². The molecule has 0 aromatic carbocycles. The summed E-state index contributed by atoms with van der Waals surface area (Å²) in [5, 5.41) is 9.88. The van der Waals surface area contributed by atoms with Crippen LogP contribution in [0.2, 0.25) is 0 Å². The molecule has 0 aromatic heterocycles. The first-order valence-electron chi connectivity index (χ1n) is 34.1. The largest absolute Gasteiger partial charge is 0.472 e. The molecule has 0 rings (SSSR count). The second kappa shape index (κ2) is 65.4. The average molecular weight is 1200 g/mol. The molecular weight excluding hydrogens is 1070 g/mol. The van der Waals surface area contributed by atoms with Gasteiger partial charge in [-0.25, -0.2) is 4.57 Å². The molecule has 0 heterocycles. The van der Waals surface area contributed by atoms with Crippen molar-refractivity contribution in [3.05, 3.63) is 97.2 Å². The maximum Gasteiger partial charge on any atom is 0.472 e. The van der Waals surface area contributed by atoms with Crippen LogP contribution in [-0.4, -0.2) is 66.5 Å². The van der Waals surface area contributed by atoms with Gasteiger partial charge < -0.3 is 24.2 Å². The molecule has 3 unspecified atom stereocenters. The van der Waals surface area contributed by atoms with Gasteiger partial charge in [0.1, 0.15) is 12.7 Å². The molecule has 2 N–H and O–H groups in total. The minimum atomic E-state index is -4.77. The van der Waals surface area contributed by atoms with Crippen LogP contribution in [0.4, 0.5) is 0 Å². The zero-order valence-corrected chi connectivity index (χ0v) is 54.7. The van der Waals surface area contributed by atoms with Crippen LogP contribution in [0.15, 0.2) is 97.2 Å². The highest BCUT2D eigenvalue weighted by Crippen LogP contribution is 2.43. The van der Waals surface area contributed by atoms with Crippen molar-refractivity contribution in [2.24, 2.45) is 0 Å². The molecule has 0 aromatic rings. The first kappa shape index (κ1) is 80.4. The van der Waals surface area contributed by atoms with E-state index in [1.165, 1.54) is 122 Å². The molecule has 0 bridgehead atoms. The molecule has 3 atom stereocenters. The number of allylic oxidation sites excluding steroid dienone is 16. The van der Waals surface area contributed by atoms with E-state index in [-0.39, 0.29) is 25.9 Å². The van der Waals surface area contributed by atoms with Crippen molar-refractivity contribution in [2.45, 2.75) is 315 Å². The van der Waals surface area contributed by atoms with Gasteiger partial charge >= 0.3 is 25.7 Å². The standard InChI is InChI=1S/C72H125O11P/c1-4-7-10-13-16-19-22-25-28-31-34-37-40-43-46-49-52-55-58-61-70(74)79-65-69(83-72(76)63-60-57-54-51-48-45-42-39-36-33-30-27-24-21-18-15-12-9-6-3)67-81-84(77,78)80-66-68(64-73)82-71(75)62-59-56-53-50-47-44-41-38-35-32-29-26-23-20-17-14-11-8-5-2/h9,12,17-18,20-21,26-27,29-30,35-36,38-39,45,48,68-69,73H,4-8,10-11,13-16,19,22-25,28,31-34,37,40-44,46-47,49-67H2,1-3H3,(H,77,78)/b12-9-,20-17-,21-18-,29-26-,30-27-,38-35-,39-36-,48-45-. The lowest BCUT2D eigenvalue weighted by atomic mass is 10.0. The number of carbonyl (C=O) groups is 3. The van der Waals surface area contributed by atoms with Crippen molar-refractivity contribution < 1.29 is 52.2 Å². The fraction of sp³-hybridized carbons (Fsp3) is 0.736. The van der Waals surface area contributed by atoms with Crippen LogP contribution in [0, 0.1) is 0 Å². The summed E-state index contributed by atoms with van der Waals surface area (Å²) in [6, 6.07) is 0. The Hall–Kier alpha value is -3.60. The van der Waals surface area contributed by atoms with Gasteiger partial charge in [-0.2, -0.15) is 0 Å². The smallest absolute Gasteiger partial charge is 0.462 e. The third kappa shape index (κ3) is 62.9. The predicted molar refractivity (Wildman–Crippen MR) is 353 cm³/mol. The molecule has 484 valence electrons. The summed E-state index contributed by atoms with van der Waals surface area (Å²) < 4.78 is 39.7. The molecule has 0 aliphatic carbocycles. The molecule has 0 saturated carbocycles. The Kier molecular flexibility index (Phi) is 62.6. The molecule has 0 aliphatic rings. The van der Waals surface area contributed by atoms with Gasteiger partial charge in [-0.05, 0) is 103 Å². The third-order valence-corrected chi connectivity index (χ3v) is 15.4. The number of aliphatic hydroxyl groups is 1. The van der Waals surface area contributed by atoms with Gasteiger partial charge in [0.15, 0.2) is 6.10 Å². The van der Waals surface area contributed by atoms with Crippen molar-refractivity contribution in [1.82, 2.24) is 0 Å². The summed E-state index contributed by atoms with van der Waals surface area (Å²) in [4.78, 5) is 48.9. The zero-order chi connectivity index (χ0) is 61.2. The Balaban J connectivity index is 4.74. The van der Waals surface area contributed by atoms with E-state index in [4.69, 9.17) is 23.3 Å². The number of esters is 3. The molecule has 84 heavy (non-hydrogen) atoms.